The highest BCUT2D eigenvalue weighted by molar-refractivity contribution is 9.10. The smallest absolute Gasteiger partial charge is 0.240 e. The van der Waals surface area contributed by atoms with Crippen LogP contribution >= 0.6 is 15.9 Å². The van der Waals surface area contributed by atoms with E-state index >= 15 is 0 Å². The Morgan fingerprint density at radius 2 is 1.64 bits per heavy atom. The minimum Gasteiger partial charge on any atom is -0.494 e. The fourth-order valence-electron chi connectivity index (χ4n) is 3.02. The predicted octanol–water partition coefficient (Wildman–Crippen LogP) is 5.39. The molecule has 3 aromatic rings. The van der Waals surface area contributed by atoms with Gasteiger partial charge in [-0.2, -0.15) is 5.10 Å². The number of carbonyl (C=O) groups is 1. The number of amides is 1. The third-order valence-electron chi connectivity index (χ3n) is 4.82. The van der Waals surface area contributed by atoms with E-state index in [0.717, 1.165) is 32.7 Å². The highest BCUT2D eigenvalue weighted by atomic mass is 79.9. The van der Waals surface area contributed by atoms with Gasteiger partial charge in [-0.05, 0) is 78.6 Å². The van der Waals surface area contributed by atoms with Crippen molar-refractivity contribution in [1.82, 2.24) is 5.43 Å². The summed E-state index contributed by atoms with van der Waals surface area (Å²) in [7, 11) is 0. The van der Waals surface area contributed by atoms with E-state index in [2.05, 4.69) is 26.5 Å². The monoisotopic (exact) mass is 510 g/mol. The maximum atomic E-state index is 12.0. The van der Waals surface area contributed by atoms with Crippen molar-refractivity contribution in [3.05, 3.63) is 94.0 Å². The van der Waals surface area contributed by atoms with Gasteiger partial charge in [-0.3, -0.25) is 4.79 Å². The summed E-state index contributed by atoms with van der Waals surface area (Å²) >= 11 is 3.42. The van der Waals surface area contributed by atoms with E-state index in [1.807, 2.05) is 67.6 Å². The number of nitrogens with one attached hydrogen (secondary N) is 1. The second kappa shape index (κ2) is 12.8. The summed E-state index contributed by atoms with van der Waals surface area (Å²) in [4.78, 5) is 12.0. The fourth-order valence-corrected chi connectivity index (χ4v) is 3.28. The van der Waals surface area contributed by atoms with Gasteiger partial charge in [0, 0.05) is 10.9 Å². The quantitative estimate of drug-likeness (QED) is 0.267. The first kappa shape index (κ1) is 24.5. The number of benzene rings is 3. The molecule has 1 atom stereocenters. The zero-order valence-corrected chi connectivity index (χ0v) is 20.0. The molecular weight excluding hydrogens is 484 g/mol. The molecule has 0 aromatic heterocycles. The molecule has 0 spiro atoms. The molecule has 0 radical (unpaired) electrons. The number of rotatable bonds is 11. The molecule has 6 nitrogen and oxygen atoms in total. The maximum Gasteiger partial charge on any atom is 0.240 e. The van der Waals surface area contributed by atoms with Gasteiger partial charge in [0.2, 0.25) is 5.91 Å². The van der Waals surface area contributed by atoms with Crippen molar-refractivity contribution in [3.8, 4) is 11.5 Å². The van der Waals surface area contributed by atoms with Gasteiger partial charge < -0.3 is 14.6 Å². The number of halogens is 1. The molecule has 0 aliphatic rings. The Bertz CT molecular complexity index is 1040. The lowest BCUT2D eigenvalue weighted by atomic mass is 10.0. The standard InChI is InChI=1S/C26H27BrN2O4/c1-2-32-23-13-7-21(8-14-23)25(30)15-16-26(31)29-28-17-19-5-11-24(12-6-19)33-18-20-3-9-22(27)10-4-20/h3-14,17,25,30H,2,15-16,18H2,1H3,(H,29,31)/b28-17-/t25-/m1/s1. The van der Waals surface area contributed by atoms with Crippen molar-refractivity contribution in [3.63, 3.8) is 0 Å². The van der Waals surface area contributed by atoms with Crippen LogP contribution in [0.3, 0.4) is 0 Å². The van der Waals surface area contributed by atoms with E-state index < -0.39 is 6.10 Å². The lowest BCUT2D eigenvalue weighted by molar-refractivity contribution is -0.121. The number of ether oxygens (including phenoxy) is 2. The first-order chi connectivity index (χ1) is 16.0. The molecule has 0 aliphatic heterocycles. The summed E-state index contributed by atoms with van der Waals surface area (Å²) in [5, 5.41) is 14.3. The summed E-state index contributed by atoms with van der Waals surface area (Å²) in [6, 6.07) is 22.6. The van der Waals surface area contributed by atoms with Gasteiger partial charge in [0.25, 0.3) is 0 Å². The van der Waals surface area contributed by atoms with E-state index in [4.69, 9.17) is 9.47 Å². The van der Waals surface area contributed by atoms with Crippen molar-refractivity contribution in [2.45, 2.75) is 32.5 Å². The van der Waals surface area contributed by atoms with Crippen molar-refractivity contribution < 1.29 is 19.4 Å². The molecule has 0 heterocycles. The van der Waals surface area contributed by atoms with E-state index in [1.54, 1.807) is 18.3 Å². The van der Waals surface area contributed by atoms with Gasteiger partial charge in [0.1, 0.15) is 18.1 Å². The Labute approximate surface area is 202 Å². The Hall–Kier alpha value is -3.16. The first-order valence-corrected chi connectivity index (χ1v) is 11.5. The van der Waals surface area contributed by atoms with E-state index in [9.17, 15) is 9.90 Å². The molecule has 0 unspecified atom stereocenters. The minimum absolute atomic E-state index is 0.161. The second-order valence-electron chi connectivity index (χ2n) is 7.33. The SMILES string of the molecule is CCOc1ccc([C@H](O)CCC(=O)N/N=C\c2ccc(OCc3ccc(Br)cc3)cc2)cc1. The normalized spacial score (nSPS) is 11.8. The fraction of sp³-hybridized carbons (Fsp3) is 0.231. The lowest BCUT2D eigenvalue weighted by Gasteiger charge is -2.11. The summed E-state index contributed by atoms with van der Waals surface area (Å²) in [5.41, 5.74) is 5.16. The van der Waals surface area contributed by atoms with Crippen LogP contribution in [0.1, 0.15) is 42.6 Å². The first-order valence-electron chi connectivity index (χ1n) is 10.7. The molecule has 1 amide bonds. The Morgan fingerprint density at radius 1 is 1.00 bits per heavy atom. The highest BCUT2D eigenvalue weighted by Crippen LogP contribution is 2.21. The van der Waals surface area contributed by atoms with Crippen LogP contribution < -0.4 is 14.9 Å². The molecule has 3 aromatic carbocycles. The number of hydrogen-bond acceptors (Lipinski definition) is 5. The minimum atomic E-state index is -0.722. The molecule has 3 rings (SSSR count). The van der Waals surface area contributed by atoms with Gasteiger partial charge >= 0.3 is 0 Å². The van der Waals surface area contributed by atoms with Crippen LogP contribution in [-0.2, 0) is 11.4 Å². The third kappa shape index (κ3) is 8.36. The van der Waals surface area contributed by atoms with Gasteiger partial charge in [-0.25, -0.2) is 5.43 Å². The largest absolute Gasteiger partial charge is 0.494 e. The molecule has 0 saturated carbocycles. The lowest BCUT2D eigenvalue weighted by Crippen LogP contribution is -2.18. The molecule has 33 heavy (non-hydrogen) atoms. The molecule has 7 heteroatoms. The number of aliphatic hydroxyl groups excluding tert-OH is 1. The second-order valence-corrected chi connectivity index (χ2v) is 8.25. The summed E-state index contributed by atoms with van der Waals surface area (Å²) in [6.07, 6.45) is 1.31. The highest BCUT2D eigenvalue weighted by Gasteiger charge is 2.10. The maximum absolute atomic E-state index is 12.0. The van der Waals surface area contributed by atoms with E-state index in [-0.39, 0.29) is 12.3 Å². The molecule has 0 saturated heterocycles. The molecule has 2 N–H and O–H groups in total. The number of nitrogens with zero attached hydrogens (tertiary/aromatic N) is 1. The van der Waals surface area contributed by atoms with Crippen molar-refractivity contribution >= 4 is 28.1 Å². The van der Waals surface area contributed by atoms with Crippen molar-refractivity contribution in [1.29, 1.82) is 0 Å². The number of aliphatic hydroxyl groups is 1. The zero-order chi connectivity index (χ0) is 23.5. The van der Waals surface area contributed by atoms with E-state index in [1.165, 1.54) is 0 Å². The van der Waals surface area contributed by atoms with Crippen LogP contribution in [0.25, 0.3) is 0 Å². The van der Waals surface area contributed by atoms with Crippen LogP contribution in [-0.4, -0.2) is 23.8 Å². The third-order valence-corrected chi connectivity index (χ3v) is 5.35. The van der Waals surface area contributed by atoms with Crippen molar-refractivity contribution in [2.75, 3.05) is 6.61 Å². The molecule has 0 fully saturated rings. The van der Waals surface area contributed by atoms with Crippen LogP contribution in [0.5, 0.6) is 11.5 Å². The molecular formula is C26H27BrN2O4. The summed E-state index contributed by atoms with van der Waals surface area (Å²) in [5.74, 6) is 1.25. The van der Waals surface area contributed by atoms with Crippen molar-refractivity contribution in [2.24, 2.45) is 5.10 Å². The van der Waals surface area contributed by atoms with Crippen LogP contribution in [0, 0.1) is 0 Å². The summed E-state index contributed by atoms with van der Waals surface area (Å²) in [6.45, 7) is 2.99. The van der Waals surface area contributed by atoms with Gasteiger partial charge in [0.05, 0.1) is 18.9 Å². The Balaban J connectivity index is 1.39. The molecule has 0 aliphatic carbocycles. The number of hydrogen-bond donors (Lipinski definition) is 2. The number of carbonyl (C=O) groups excluding carboxylic acids is 1. The van der Waals surface area contributed by atoms with Gasteiger partial charge in [-0.1, -0.05) is 40.2 Å². The topological polar surface area (TPSA) is 80.2 Å². The molecule has 0 bridgehead atoms. The van der Waals surface area contributed by atoms with Crippen LogP contribution in [0.2, 0.25) is 0 Å². The predicted molar refractivity (Wildman–Crippen MR) is 132 cm³/mol. The van der Waals surface area contributed by atoms with E-state index in [0.29, 0.717) is 19.6 Å². The number of hydrazone groups is 1. The average molecular weight is 511 g/mol. The van der Waals surface area contributed by atoms with Crippen LogP contribution in [0.15, 0.2) is 82.4 Å². The average Bonchev–Trinajstić information content (AvgIpc) is 2.84. The molecule has 172 valence electrons. The zero-order valence-electron chi connectivity index (χ0n) is 18.4. The Kier molecular flexibility index (Phi) is 9.47. The van der Waals surface area contributed by atoms with Gasteiger partial charge in [0.15, 0.2) is 0 Å². The Morgan fingerprint density at radius 3 is 2.30 bits per heavy atom. The van der Waals surface area contributed by atoms with Gasteiger partial charge in [-0.15, -0.1) is 0 Å². The summed E-state index contributed by atoms with van der Waals surface area (Å²) < 4.78 is 12.2. The van der Waals surface area contributed by atoms with Crippen LogP contribution in [0.4, 0.5) is 0 Å².